The number of hydrogen-bond acceptors (Lipinski definition) is 3. The van der Waals surface area contributed by atoms with E-state index in [0.29, 0.717) is 19.6 Å². The number of benzene rings is 1. The lowest BCUT2D eigenvalue weighted by Gasteiger charge is -2.21. The highest BCUT2D eigenvalue weighted by Gasteiger charge is 2.11. The maximum atomic E-state index is 11.8. The van der Waals surface area contributed by atoms with E-state index in [1.165, 1.54) is 0 Å². The Morgan fingerprint density at radius 1 is 1.19 bits per heavy atom. The maximum Gasteiger partial charge on any atom is 0.224 e. The fraction of sp³-hybridized carbons (Fsp3) is 0.588. The van der Waals surface area contributed by atoms with Crippen LogP contribution in [0, 0.1) is 0 Å². The van der Waals surface area contributed by atoms with Gasteiger partial charge in [-0.3, -0.25) is 4.79 Å². The molecular weight excluding hydrogens is 266 g/mol. The van der Waals surface area contributed by atoms with Gasteiger partial charge in [0, 0.05) is 19.8 Å². The highest BCUT2D eigenvalue weighted by molar-refractivity contribution is 5.78. The van der Waals surface area contributed by atoms with E-state index in [-0.39, 0.29) is 11.5 Å². The summed E-state index contributed by atoms with van der Waals surface area (Å²) in [5.74, 6) is 0.861. The molecule has 4 heteroatoms. The van der Waals surface area contributed by atoms with Crippen LogP contribution in [0.4, 0.5) is 0 Å². The van der Waals surface area contributed by atoms with Gasteiger partial charge in [-0.1, -0.05) is 12.1 Å². The summed E-state index contributed by atoms with van der Waals surface area (Å²) < 4.78 is 11.0. The van der Waals surface area contributed by atoms with E-state index in [0.717, 1.165) is 24.3 Å². The number of hydrogen-bond donors (Lipinski definition) is 1. The number of carbonyl (C=O) groups is 1. The third-order valence-electron chi connectivity index (χ3n) is 2.70. The molecule has 21 heavy (non-hydrogen) atoms. The molecule has 0 aliphatic carbocycles. The summed E-state index contributed by atoms with van der Waals surface area (Å²) in [6, 6.07) is 7.67. The molecule has 1 rings (SSSR count). The van der Waals surface area contributed by atoms with Crippen molar-refractivity contribution in [1.82, 2.24) is 5.32 Å². The van der Waals surface area contributed by atoms with Crippen molar-refractivity contribution in [3.8, 4) is 5.75 Å². The molecular formula is C17H27NO3. The first kappa shape index (κ1) is 17.5. The fourth-order valence-electron chi connectivity index (χ4n) is 1.82. The fourth-order valence-corrected chi connectivity index (χ4v) is 1.82. The van der Waals surface area contributed by atoms with Crippen molar-refractivity contribution in [2.45, 2.75) is 46.1 Å². The smallest absolute Gasteiger partial charge is 0.224 e. The van der Waals surface area contributed by atoms with Crippen LogP contribution in [-0.4, -0.2) is 31.3 Å². The maximum absolute atomic E-state index is 11.8. The van der Waals surface area contributed by atoms with Gasteiger partial charge in [-0.25, -0.2) is 0 Å². The zero-order chi connectivity index (χ0) is 15.7. The van der Waals surface area contributed by atoms with Crippen LogP contribution in [0.15, 0.2) is 24.3 Å². The molecule has 0 saturated heterocycles. The average Bonchev–Trinajstić information content (AvgIpc) is 2.39. The minimum Gasteiger partial charge on any atom is -0.488 e. The van der Waals surface area contributed by atoms with E-state index in [4.69, 9.17) is 9.47 Å². The largest absolute Gasteiger partial charge is 0.488 e. The Morgan fingerprint density at radius 2 is 1.86 bits per heavy atom. The molecule has 0 aromatic heterocycles. The van der Waals surface area contributed by atoms with Gasteiger partial charge in [0.25, 0.3) is 0 Å². The van der Waals surface area contributed by atoms with Gasteiger partial charge in [-0.15, -0.1) is 0 Å². The predicted octanol–water partition coefficient (Wildman–Crippen LogP) is 2.95. The minimum absolute atomic E-state index is 0.0380. The summed E-state index contributed by atoms with van der Waals surface area (Å²) in [6.07, 6.45) is 1.24. The highest BCUT2D eigenvalue weighted by atomic mass is 16.5. The minimum atomic E-state index is -0.209. The molecule has 0 aliphatic heterocycles. The molecule has 1 N–H and O–H groups in total. The normalized spacial score (nSPS) is 11.2. The van der Waals surface area contributed by atoms with E-state index < -0.39 is 0 Å². The van der Waals surface area contributed by atoms with Crippen LogP contribution in [0.1, 0.15) is 39.7 Å². The van der Waals surface area contributed by atoms with Crippen molar-refractivity contribution in [2.75, 3.05) is 19.8 Å². The van der Waals surface area contributed by atoms with E-state index >= 15 is 0 Å². The number of rotatable bonds is 8. The second kappa shape index (κ2) is 8.67. The SMILES string of the molecule is CCOCCCNC(=O)Cc1ccc(OC(C)(C)C)cc1. The van der Waals surface area contributed by atoms with Gasteiger partial charge >= 0.3 is 0 Å². The number of nitrogens with one attached hydrogen (secondary N) is 1. The van der Waals surface area contributed by atoms with Gasteiger partial charge < -0.3 is 14.8 Å². The number of carbonyl (C=O) groups excluding carboxylic acids is 1. The summed E-state index contributed by atoms with van der Waals surface area (Å²) in [7, 11) is 0. The summed E-state index contributed by atoms with van der Waals surface area (Å²) >= 11 is 0. The molecule has 118 valence electrons. The van der Waals surface area contributed by atoms with Crippen molar-refractivity contribution in [2.24, 2.45) is 0 Å². The van der Waals surface area contributed by atoms with Crippen LogP contribution in [0.5, 0.6) is 5.75 Å². The van der Waals surface area contributed by atoms with Gasteiger partial charge in [-0.05, 0) is 51.8 Å². The van der Waals surface area contributed by atoms with Gasteiger partial charge in [0.1, 0.15) is 11.4 Å². The molecule has 0 fully saturated rings. The quantitative estimate of drug-likeness (QED) is 0.750. The van der Waals surface area contributed by atoms with Crippen molar-refractivity contribution in [1.29, 1.82) is 0 Å². The van der Waals surface area contributed by atoms with Crippen molar-refractivity contribution >= 4 is 5.91 Å². The molecule has 0 atom stereocenters. The third kappa shape index (κ3) is 8.35. The zero-order valence-electron chi connectivity index (χ0n) is 13.6. The van der Waals surface area contributed by atoms with Crippen molar-refractivity contribution in [3.05, 3.63) is 29.8 Å². The molecule has 1 amide bonds. The van der Waals surface area contributed by atoms with Crippen LogP contribution in [-0.2, 0) is 16.0 Å². The average molecular weight is 293 g/mol. The molecule has 0 saturated carbocycles. The molecule has 0 heterocycles. The summed E-state index contributed by atoms with van der Waals surface area (Å²) in [6.45, 7) is 10.1. The van der Waals surface area contributed by atoms with Gasteiger partial charge in [0.2, 0.25) is 5.91 Å². The second-order valence-corrected chi connectivity index (χ2v) is 5.94. The van der Waals surface area contributed by atoms with E-state index in [1.807, 2.05) is 52.0 Å². The number of ether oxygens (including phenoxy) is 2. The van der Waals surface area contributed by atoms with Crippen LogP contribution >= 0.6 is 0 Å². The monoisotopic (exact) mass is 293 g/mol. The molecule has 1 aromatic rings. The van der Waals surface area contributed by atoms with E-state index in [2.05, 4.69) is 5.32 Å². The first-order valence-corrected chi connectivity index (χ1v) is 7.53. The molecule has 1 aromatic carbocycles. The first-order valence-electron chi connectivity index (χ1n) is 7.53. The standard InChI is InChI=1S/C17H27NO3/c1-5-20-12-6-11-18-16(19)13-14-7-9-15(10-8-14)21-17(2,3)4/h7-10H,5-6,11-13H2,1-4H3,(H,18,19). The summed E-state index contributed by atoms with van der Waals surface area (Å²) in [5, 5.41) is 2.89. The molecule has 0 radical (unpaired) electrons. The van der Waals surface area contributed by atoms with Crippen LogP contribution in [0.25, 0.3) is 0 Å². The lowest BCUT2D eigenvalue weighted by Crippen LogP contribution is -2.26. The van der Waals surface area contributed by atoms with E-state index in [1.54, 1.807) is 0 Å². The van der Waals surface area contributed by atoms with Gasteiger partial charge in [0.15, 0.2) is 0 Å². The molecule has 0 spiro atoms. The third-order valence-corrected chi connectivity index (χ3v) is 2.70. The predicted molar refractivity (Wildman–Crippen MR) is 84.6 cm³/mol. The van der Waals surface area contributed by atoms with Gasteiger partial charge in [-0.2, -0.15) is 0 Å². The Labute approximate surface area is 127 Å². The lowest BCUT2D eigenvalue weighted by molar-refractivity contribution is -0.120. The molecule has 0 aliphatic rings. The Kier molecular flexibility index (Phi) is 7.23. The second-order valence-electron chi connectivity index (χ2n) is 5.94. The topological polar surface area (TPSA) is 47.6 Å². The lowest BCUT2D eigenvalue weighted by atomic mass is 10.1. The summed E-state index contributed by atoms with van der Waals surface area (Å²) in [4.78, 5) is 11.8. The zero-order valence-corrected chi connectivity index (χ0v) is 13.6. The van der Waals surface area contributed by atoms with E-state index in [9.17, 15) is 4.79 Å². The van der Waals surface area contributed by atoms with Crippen LogP contribution in [0.3, 0.4) is 0 Å². The Balaban J connectivity index is 2.33. The highest BCUT2D eigenvalue weighted by Crippen LogP contribution is 2.18. The molecule has 4 nitrogen and oxygen atoms in total. The van der Waals surface area contributed by atoms with Crippen molar-refractivity contribution < 1.29 is 14.3 Å². The summed E-state index contributed by atoms with van der Waals surface area (Å²) in [5.41, 5.74) is 0.776. The Bertz CT molecular complexity index is 421. The van der Waals surface area contributed by atoms with Gasteiger partial charge in [0.05, 0.1) is 6.42 Å². The van der Waals surface area contributed by atoms with Crippen LogP contribution < -0.4 is 10.1 Å². The molecule has 0 unspecified atom stereocenters. The first-order chi connectivity index (χ1) is 9.90. The van der Waals surface area contributed by atoms with Crippen molar-refractivity contribution in [3.63, 3.8) is 0 Å². The molecule has 0 bridgehead atoms. The Morgan fingerprint density at radius 3 is 2.43 bits per heavy atom. The van der Waals surface area contributed by atoms with Crippen LogP contribution in [0.2, 0.25) is 0 Å². The Hall–Kier alpha value is -1.55. The number of amides is 1.